The van der Waals surface area contributed by atoms with Crippen LogP contribution in [0.15, 0.2) is 42.5 Å². The molecule has 1 aliphatic heterocycles. The van der Waals surface area contributed by atoms with Crippen LogP contribution in [0.25, 0.3) is 0 Å². The van der Waals surface area contributed by atoms with E-state index in [1.807, 2.05) is 0 Å². The minimum absolute atomic E-state index is 0.0145. The smallest absolute Gasteiger partial charge is 0.410 e. The van der Waals surface area contributed by atoms with Crippen molar-refractivity contribution in [2.75, 3.05) is 40.4 Å². The number of hydrogen-bond acceptors (Lipinski definition) is 7. The van der Waals surface area contributed by atoms with Gasteiger partial charge in [-0.05, 0) is 35.9 Å². The largest absolute Gasteiger partial charge is 0.450 e. The minimum atomic E-state index is -0.562. The van der Waals surface area contributed by atoms with Crippen LogP contribution >= 0.6 is 0 Å². The number of amides is 2. The fourth-order valence-electron chi connectivity index (χ4n) is 2.94. The van der Waals surface area contributed by atoms with Gasteiger partial charge in [0.25, 0.3) is 5.91 Å². The van der Waals surface area contributed by atoms with Gasteiger partial charge in [0.1, 0.15) is 12.4 Å². The average molecular weight is 429 g/mol. The Balaban J connectivity index is 1.76. The van der Waals surface area contributed by atoms with Crippen molar-refractivity contribution in [1.82, 2.24) is 9.80 Å². The molecule has 1 saturated heterocycles. The highest BCUT2D eigenvalue weighted by Gasteiger charge is 2.20. The zero-order chi connectivity index (χ0) is 22.4. The van der Waals surface area contributed by atoms with Crippen LogP contribution in [-0.4, -0.2) is 67.1 Å². The number of carbonyl (C=O) groups is 2. The summed E-state index contributed by atoms with van der Waals surface area (Å²) in [4.78, 5) is 38.1. The summed E-state index contributed by atoms with van der Waals surface area (Å²) in [6.45, 7) is 1.76. The number of benzene rings is 2. The number of nitro groups is 1. The van der Waals surface area contributed by atoms with Crippen molar-refractivity contribution in [2.24, 2.45) is 0 Å². The molecule has 10 nitrogen and oxygen atoms in total. The van der Waals surface area contributed by atoms with Gasteiger partial charge in [0.05, 0.1) is 18.1 Å². The molecular weight excluding hydrogens is 406 g/mol. The molecular formula is C21H23N3O7. The molecule has 10 heteroatoms. The van der Waals surface area contributed by atoms with Crippen LogP contribution in [0.1, 0.15) is 15.9 Å². The first-order valence-electron chi connectivity index (χ1n) is 9.61. The summed E-state index contributed by atoms with van der Waals surface area (Å²) in [5.41, 5.74) is 0.677. The predicted octanol–water partition coefficient (Wildman–Crippen LogP) is 3.06. The standard InChI is InChI=1S/C21H23N3O7/c1-22(2)20(25)16-4-3-5-17(13-16)31-19-12-15(6-7-18(19)24(27)28)14-30-21(26)23-8-10-29-11-9-23/h3-7,12-13H,8-11,14H2,1-2H3. The predicted molar refractivity (Wildman–Crippen MR) is 110 cm³/mol. The number of nitrogens with zero attached hydrogens (tertiary/aromatic N) is 3. The van der Waals surface area contributed by atoms with Gasteiger partial charge in [-0.1, -0.05) is 6.07 Å². The minimum Gasteiger partial charge on any atom is -0.450 e. The maximum absolute atomic E-state index is 12.2. The molecule has 1 heterocycles. The van der Waals surface area contributed by atoms with E-state index in [4.69, 9.17) is 14.2 Å². The van der Waals surface area contributed by atoms with Crippen LogP contribution in [0.5, 0.6) is 11.5 Å². The van der Waals surface area contributed by atoms with E-state index >= 15 is 0 Å². The topological polar surface area (TPSA) is 111 Å². The van der Waals surface area contributed by atoms with Crippen molar-refractivity contribution in [3.63, 3.8) is 0 Å². The van der Waals surface area contributed by atoms with Gasteiger partial charge in [0.15, 0.2) is 0 Å². The maximum atomic E-state index is 12.2. The average Bonchev–Trinajstić information content (AvgIpc) is 2.77. The van der Waals surface area contributed by atoms with Crippen LogP contribution in [0, 0.1) is 10.1 Å². The zero-order valence-corrected chi connectivity index (χ0v) is 17.3. The van der Waals surface area contributed by atoms with E-state index in [1.165, 1.54) is 29.2 Å². The first-order chi connectivity index (χ1) is 14.8. The number of hydrogen-bond donors (Lipinski definition) is 0. The van der Waals surface area contributed by atoms with E-state index in [0.717, 1.165) is 0 Å². The molecule has 0 radical (unpaired) electrons. The fourth-order valence-corrected chi connectivity index (χ4v) is 2.94. The number of carbonyl (C=O) groups excluding carboxylic acids is 2. The Morgan fingerprint density at radius 1 is 1.16 bits per heavy atom. The summed E-state index contributed by atoms with van der Waals surface area (Å²) < 4.78 is 16.2. The molecule has 31 heavy (non-hydrogen) atoms. The highest BCUT2D eigenvalue weighted by atomic mass is 16.6. The molecule has 0 atom stereocenters. The molecule has 0 aliphatic carbocycles. The Morgan fingerprint density at radius 2 is 1.90 bits per heavy atom. The fraction of sp³-hybridized carbons (Fsp3) is 0.333. The Labute approximate surface area is 179 Å². The van der Waals surface area contributed by atoms with E-state index in [2.05, 4.69) is 0 Å². The van der Waals surface area contributed by atoms with E-state index in [-0.39, 0.29) is 29.7 Å². The molecule has 2 aromatic carbocycles. The summed E-state index contributed by atoms with van der Waals surface area (Å²) >= 11 is 0. The molecule has 1 aliphatic rings. The molecule has 0 spiro atoms. The summed E-state index contributed by atoms with van der Waals surface area (Å²) in [5, 5.41) is 11.4. The molecule has 0 N–H and O–H groups in total. The number of morpholine rings is 1. The summed E-state index contributed by atoms with van der Waals surface area (Å²) in [5.74, 6) is 0.0429. The Hall–Kier alpha value is -3.66. The lowest BCUT2D eigenvalue weighted by atomic mass is 10.2. The molecule has 0 unspecified atom stereocenters. The lowest BCUT2D eigenvalue weighted by Crippen LogP contribution is -2.40. The first-order valence-corrected chi connectivity index (χ1v) is 9.61. The summed E-state index contributed by atoms with van der Waals surface area (Å²) in [7, 11) is 3.25. The van der Waals surface area contributed by atoms with Gasteiger partial charge in [-0.15, -0.1) is 0 Å². The second-order valence-corrected chi connectivity index (χ2v) is 7.04. The third-order valence-electron chi connectivity index (χ3n) is 4.57. The Kier molecular flexibility index (Phi) is 7.03. The summed E-state index contributed by atoms with van der Waals surface area (Å²) in [6.07, 6.45) is -0.473. The van der Waals surface area contributed by atoms with E-state index in [0.29, 0.717) is 37.4 Å². The molecule has 0 saturated carbocycles. The lowest BCUT2D eigenvalue weighted by molar-refractivity contribution is -0.385. The van der Waals surface area contributed by atoms with Crippen LogP contribution < -0.4 is 4.74 Å². The first kappa shape index (κ1) is 22.0. The molecule has 2 aromatic rings. The van der Waals surface area contributed by atoms with Gasteiger partial charge < -0.3 is 24.0 Å². The van der Waals surface area contributed by atoms with Crippen LogP contribution in [0.3, 0.4) is 0 Å². The monoisotopic (exact) mass is 429 g/mol. The Bertz CT molecular complexity index is 971. The molecule has 2 amide bonds. The molecule has 0 bridgehead atoms. The molecule has 0 aromatic heterocycles. The van der Waals surface area contributed by atoms with Crippen LogP contribution in [0.4, 0.5) is 10.5 Å². The van der Waals surface area contributed by atoms with Crippen molar-refractivity contribution < 1.29 is 28.7 Å². The number of rotatable bonds is 6. The van der Waals surface area contributed by atoms with E-state index < -0.39 is 11.0 Å². The second kappa shape index (κ2) is 9.90. The van der Waals surface area contributed by atoms with E-state index in [1.54, 1.807) is 37.2 Å². The second-order valence-electron chi connectivity index (χ2n) is 7.04. The van der Waals surface area contributed by atoms with Gasteiger partial charge in [-0.2, -0.15) is 0 Å². The maximum Gasteiger partial charge on any atom is 0.410 e. The van der Waals surface area contributed by atoms with Crippen molar-refractivity contribution in [2.45, 2.75) is 6.61 Å². The van der Waals surface area contributed by atoms with Crippen molar-refractivity contribution in [3.8, 4) is 11.5 Å². The van der Waals surface area contributed by atoms with E-state index in [9.17, 15) is 19.7 Å². The van der Waals surface area contributed by atoms with Gasteiger partial charge in [0, 0.05) is 38.8 Å². The van der Waals surface area contributed by atoms with Crippen molar-refractivity contribution >= 4 is 17.7 Å². The third-order valence-corrected chi connectivity index (χ3v) is 4.57. The highest BCUT2D eigenvalue weighted by Crippen LogP contribution is 2.33. The van der Waals surface area contributed by atoms with Gasteiger partial charge in [-0.25, -0.2) is 4.79 Å². The van der Waals surface area contributed by atoms with Crippen LogP contribution in [0.2, 0.25) is 0 Å². The molecule has 164 valence electrons. The van der Waals surface area contributed by atoms with Crippen LogP contribution in [-0.2, 0) is 16.1 Å². The van der Waals surface area contributed by atoms with Gasteiger partial charge >= 0.3 is 11.8 Å². The van der Waals surface area contributed by atoms with Crippen molar-refractivity contribution in [1.29, 1.82) is 0 Å². The zero-order valence-electron chi connectivity index (χ0n) is 17.3. The normalized spacial score (nSPS) is 13.4. The number of nitro benzene ring substituents is 1. The lowest BCUT2D eigenvalue weighted by Gasteiger charge is -2.25. The summed E-state index contributed by atoms with van der Waals surface area (Å²) in [6, 6.07) is 10.6. The Morgan fingerprint density at radius 3 is 2.58 bits per heavy atom. The van der Waals surface area contributed by atoms with Gasteiger partial charge in [-0.3, -0.25) is 14.9 Å². The third kappa shape index (κ3) is 5.70. The molecule has 1 fully saturated rings. The number of ether oxygens (including phenoxy) is 3. The highest BCUT2D eigenvalue weighted by molar-refractivity contribution is 5.94. The SMILES string of the molecule is CN(C)C(=O)c1cccc(Oc2cc(COC(=O)N3CCOCC3)ccc2[N+](=O)[O-])c1. The quantitative estimate of drug-likeness (QED) is 0.512. The van der Waals surface area contributed by atoms with Gasteiger partial charge in [0.2, 0.25) is 5.75 Å². The van der Waals surface area contributed by atoms with Crippen molar-refractivity contribution in [3.05, 3.63) is 63.7 Å². The molecule has 3 rings (SSSR count).